The molecule has 8 nitrogen and oxygen atoms in total. The molecule has 1 amide bonds. The molecule has 27 heavy (non-hydrogen) atoms. The van der Waals surface area contributed by atoms with E-state index in [0.29, 0.717) is 26.1 Å². The number of aryl methyl sites for hydroxylation is 1. The molecule has 2 aromatic rings. The molecule has 2 heterocycles. The van der Waals surface area contributed by atoms with Crippen molar-refractivity contribution in [1.29, 1.82) is 0 Å². The molecule has 0 atom stereocenters. The van der Waals surface area contributed by atoms with Crippen molar-refractivity contribution in [2.24, 2.45) is 0 Å². The van der Waals surface area contributed by atoms with Crippen molar-refractivity contribution in [3.63, 3.8) is 0 Å². The molecule has 1 saturated heterocycles. The van der Waals surface area contributed by atoms with Crippen molar-refractivity contribution in [2.45, 2.75) is 19.5 Å². The largest absolute Gasteiger partial charge is 0.497 e. The highest BCUT2D eigenvalue weighted by Crippen LogP contribution is 2.15. The van der Waals surface area contributed by atoms with Gasteiger partial charge in [0.2, 0.25) is 5.91 Å². The number of hydrogen-bond acceptors (Lipinski definition) is 5. The summed E-state index contributed by atoms with van der Waals surface area (Å²) < 4.78 is 6.76. The van der Waals surface area contributed by atoms with Crippen LogP contribution < -0.4 is 4.74 Å². The van der Waals surface area contributed by atoms with Gasteiger partial charge in [0, 0.05) is 51.9 Å². The fraction of sp³-hybridized carbons (Fsp3) is 0.421. The predicted octanol–water partition coefficient (Wildman–Crippen LogP) is 1.32. The minimum atomic E-state index is -1.06. The third-order valence-corrected chi connectivity index (χ3v) is 4.68. The van der Waals surface area contributed by atoms with Gasteiger partial charge in [0.25, 0.3) is 0 Å². The first-order valence-corrected chi connectivity index (χ1v) is 8.95. The van der Waals surface area contributed by atoms with E-state index in [2.05, 4.69) is 16.1 Å². The maximum atomic E-state index is 12.4. The van der Waals surface area contributed by atoms with Crippen molar-refractivity contribution < 1.29 is 19.4 Å². The number of carboxylic acids is 1. The topological polar surface area (TPSA) is 87.9 Å². The molecule has 1 aromatic carbocycles. The molecule has 0 spiro atoms. The Labute approximate surface area is 157 Å². The van der Waals surface area contributed by atoms with Gasteiger partial charge in [0.15, 0.2) is 5.69 Å². The second kappa shape index (κ2) is 8.68. The van der Waals surface area contributed by atoms with Crippen molar-refractivity contribution >= 4 is 11.9 Å². The molecule has 0 radical (unpaired) electrons. The summed E-state index contributed by atoms with van der Waals surface area (Å²) in [6, 6.07) is 9.46. The molecule has 0 saturated carbocycles. The van der Waals surface area contributed by atoms with Crippen LogP contribution in [0.5, 0.6) is 5.75 Å². The first kappa shape index (κ1) is 18.9. The van der Waals surface area contributed by atoms with Crippen molar-refractivity contribution in [1.82, 2.24) is 19.6 Å². The number of methoxy groups -OCH3 is 1. The summed E-state index contributed by atoms with van der Waals surface area (Å²) in [5.74, 6) is -0.137. The monoisotopic (exact) mass is 372 g/mol. The third-order valence-electron chi connectivity index (χ3n) is 4.68. The number of nitrogens with zero attached hydrogens (tertiary/aromatic N) is 4. The minimum absolute atomic E-state index is 0.00592. The summed E-state index contributed by atoms with van der Waals surface area (Å²) in [5.41, 5.74) is 1.19. The Hall–Kier alpha value is -2.87. The fourth-order valence-corrected chi connectivity index (χ4v) is 3.15. The zero-order valence-electron chi connectivity index (χ0n) is 15.4. The molecule has 1 N–H and O–H groups in total. The van der Waals surface area contributed by atoms with Gasteiger partial charge in [0.1, 0.15) is 5.75 Å². The van der Waals surface area contributed by atoms with E-state index in [1.807, 2.05) is 23.1 Å². The van der Waals surface area contributed by atoms with Gasteiger partial charge in [-0.3, -0.25) is 14.4 Å². The van der Waals surface area contributed by atoms with E-state index in [4.69, 9.17) is 9.84 Å². The number of aromatic nitrogens is 2. The SMILES string of the molecule is COc1cccc(CN2CCN(C(=O)CCn3ccc(C(=O)O)n3)CC2)c1. The highest BCUT2D eigenvalue weighted by Gasteiger charge is 2.21. The summed E-state index contributed by atoms with van der Waals surface area (Å²) in [6.45, 7) is 4.27. The van der Waals surface area contributed by atoms with E-state index in [1.165, 1.54) is 16.3 Å². The number of piperazine rings is 1. The van der Waals surface area contributed by atoms with E-state index >= 15 is 0 Å². The van der Waals surface area contributed by atoms with Crippen molar-refractivity contribution in [3.05, 3.63) is 47.8 Å². The Morgan fingerprint density at radius 2 is 1.96 bits per heavy atom. The lowest BCUT2D eigenvalue weighted by Crippen LogP contribution is -2.48. The van der Waals surface area contributed by atoms with Gasteiger partial charge in [-0.2, -0.15) is 5.10 Å². The lowest BCUT2D eigenvalue weighted by molar-refractivity contribution is -0.133. The van der Waals surface area contributed by atoms with Crippen LogP contribution in [-0.2, 0) is 17.9 Å². The summed E-state index contributed by atoms with van der Waals surface area (Å²) in [4.78, 5) is 27.4. The van der Waals surface area contributed by atoms with Gasteiger partial charge in [-0.1, -0.05) is 12.1 Å². The molecule has 1 aromatic heterocycles. The lowest BCUT2D eigenvalue weighted by Gasteiger charge is -2.34. The molecule has 1 fully saturated rings. The molecule has 0 aliphatic carbocycles. The van der Waals surface area contributed by atoms with Crippen LogP contribution in [0.2, 0.25) is 0 Å². The second-order valence-electron chi connectivity index (χ2n) is 6.53. The first-order chi connectivity index (χ1) is 13.0. The van der Waals surface area contributed by atoms with Gasteiger partial charge >= 0.3 is 5.97 Å². The van der Waals surface area contributed by atoms with Crippen LogP contribution in [0, 0.1) is 0 Å². The molecule has 1 aliphatic heterocycles. The average Bonchev–Trinajstić information content (AvgIpc) is 3.16. The number of rotatable bonds is 7. The van der Waals surface area contributed by atoms with Crippen LogP contribution in [-0.4, -0.2) is 69.9 Å². The Balaban J connectivity index is 1.43. The Morgan fingerprint density at radius 3 is 2.63 bits per heavy atom. The Bertz CT molecular complexity index is 797. The molecular formula is C19H24N4O4. The third kappa shape index (κ3) is 5.07. The summed E-state index contributed by atoms with van der Waals surface area (Å²) in [6.07, 6.45) is 1.90. The maximum Gasteiger partial charge on any atom is 0.356 e. The van der Waals surface area contributed by atoms with Crippen LogP contribution in [0.4, 0.5) is 0 Å². The summed E-state index contributed by atoms with van der Waals surface area (Å²) in [5, 5.41) is 12.8. The van der Waals surface area contributed by atoms with Crippen molar-refractivity contribution in [3.8, 4) is 5.75 Å². The molecule has 0 unspecified atom stereocenters. The van der Waals surface area contributed by atoms with Crippen molar-refractivity contribution in [2.75, 3.05) is 33.3 Å². The quantitative estimate of drug-likeness (QED) is 0.789. The van der Waals surface area contributed by atoms with E-state index in [9.17, 15) is 9.59 Å². The Morgan fingerprint density at radius 1 is 1.19 bits per heavy atom. The second-order valence-corrected chi connectivity index (χ2v) is 6.53. The van der Waals surface area contributed by atoms with Crippen LogP contribution in [0.3, 0.4) is 0 Å². The van der Waals surface area contributed by atoms with Crippen LogP contribution in [0.15, 0.2) is 36.5 Å². The zero-order valence-corrected chi connectivity index (χ0v) is 15.4. The van der Waals surface area contributed by atoms with E-state index in [-0.39, 0.29) is 11.6 Å². The predicted molar refractivity (Wildman–Crippen MR) is 98.7 cm³/mol. The number of carbonyl (C=O) groups excluding carboxylic acids is 1. The number of hydrogen-bond donors (Lipinski definition) is 1. The van der Waals surface area contributed by atoms with E-state index < -0.39 is 5.97 Å². The highest BCUT2D eigenvalue weighted by molar-refractivity contribution is 5.85. The van der Waals surface area contributed by atoms with Gasteiger partial charge in [-0.15, -0.1) is 0 Å². The lowest BCUT2D eigenvalue weighted by atomic mass is 10.2. The van der Waals surface area contributed by atoms with Crippen LogP contribution in [0.1, 0.15) is 22.5 Å². The fourth-order valence-electron chi connectivity index (χ4n) is 3.15. The minimum Gasteiger partial charge on any atom is -0.497 e. The number of carboxylic acid groups (broad SMARTS) is 1. The Kier molecular flexibility index (Phi) is 6.08. The van der Waals surface area contributed by atoms with Gasteiger partial charge < -0.3 is 14.7 Å². The molecule has 144 valence electrons. The smallest absolute Gasteiger partial charge is 0.356 e. The van der Waals surface area contributed by atoms with Crippen LogP contribution >= 0.6 is 0 Å². The number of benzene rings is 1. The molecule has 1 aliphatic rings. The van der Waals surface area contributed by atoms with Gasteiger partial charge in [-0.25, -0.2) is 4.79 Å². The summed E-state index contributed by atoms with van der Waals surface area (Å²) >= 11 is 0. The molecule has 8 heteroatoms. The zero-order chi connectivity index (χ0) is 19.2. The standard InChI is InChI=1S/C19H24N4O4/c1-27-16-4-2-3-15(13-16)14-21-9-11-22(12-10-21)18(24)6-8-23-7-5-17(20-23)19(25)26/h2-5,7,13H,6,8-12,14H2,1H3,(H,25,26). The normalized spacial score (nSPS) is 14.9. The van der Waals surface area contributed by atoms with E-state index in [1.54, 1.807) is 13.3 Å². The van der Waals surface area contributed by atoms with E-state index in [0.717, 1.165) is 25.4 Å². The van der Waals surface area contributed by atoms with Crippen LogP contribution in [0.25, 0.3) is 0 Å². The summed E-state index contributed by atoms with van der Waals surface area (Å²) in [7, 11) is 1.66. The van der Waals surface area contributed by atoms with Gasteiger partial charge in [-0.05, 0) is 23.8 Å². The molecular weight excluding hydrogens is 348 g/mol. The number of carbonyl (C=O) groups is 2. The van der Waals surface area contributed by atoms with Gasteiger partial charge in [0.05, 0.1) is 7.11 Å². The number of amides is 1. The molecule has 3 rings (SSSR count). The maximum absolute atomic E-state index is 12.4. The highest BCUT2D eigenvalue weighted by atomic mass is 16.5. The first-order valence-electron chi connectivity index (χ1n) is 8.95. The number of ether oxygens (including phenoxy) is 1. The molecule has 0 bridgehead atoms. The number of aromatic carboxylic acids is 1. The average molecular weight is 372 g/mol.